The number of rotatable bonds is 8. The van der Waals surface area contributed by atoms with Gasteiger partial charge in [0.05, 0.1) is 32.0 Å². The Morgan fingerprint density at radius 1 is 1.33 bits per heavy atom. The molecule has 0 bridgehead atoms. The monoisotopic (exact) mass is 248 g/mol. The molecule has 0 amide bonds. The van der Waals surface area contributed by atoms with Crippen molar-refractivity contribution in [2.24, 2.45) is 0 Å². The molecule has 0 aliphatic carbocycles. The van der Waals surface area contributed by atoms with Gasteiger partial charge in [0.15, 0.2) is 0 Å². The topological polar surface area (TPSA) is 54.3 Å². The second kappa shape index (κ2) is 8.51. The maximum atomic E-state index is 8.85. The van der Waals surface area contributed by atoms with Crippen molar-refractivity contribution < 1.29 is 9.47 Å². The van der Waals surface area contributed by atoms with E-state index in [0.717, 1.165) is 30.8 Å². The third kappa shape index (κ3) is 4.74. The number of nitrogens with zero attached hydrogens (tertiary/aromatic N) is 1. The highest BCUT2D eigenvalue weighted by Crippen LogP contribution is 2.20. The van der Waals surface area contributed by atoms with Gasteiger partial charge in [-0.25, -0.2) is 0 Å². The predicted molar refractivity (Wildman–Crippen MR) is 70.5 cm³/mol. The average molecular weight is 248 g/mol. The summed E-state index contributed by atoms with van der Waals surface area (Å²) < 4.78 is 10.8. The standard InChI is InChI=1S/C14H20N2O2/c1-3-6-16-7-8-18-11-13-9-12(10-15)4-5-14(13)17-2/h4-5,9,16H,3,6-8,11H2,1-2H3. The minimum Gasteiger partial charge on any atom is -0.496 e. The molecular weight excluding hydrogens is 228 g/mol. The van der Waals surface area contributed by atoms with Crippen molar-refractivity contribution in [1.82, 2.24) is 5.32 Å². The molecule has 0 heterocycles. The van der Waals surface area contributed by atoms with Gasteiger partial charge < -0.3 is 14.8 Å². The molecule has 4 nitrogen and oxygen atoms in total. The lowest BCUT2D eigenvalue weighted by molar-refractivity contribution is 0.121. The van der Waals surface area contributed by atoms with E-state index in [1.54, 1.807) is 25.3 Å². The second-order valence-corrected chi connectivity index (χ2v) is 3.94. The summed E-state index contributed by atoms with van der Waals surface area (Å²) in [5, 5.41) is 12.1. The Morgan fingerprint density at radius 2 is 2.17 bits per heavy atom. The minimum atomic E-state index is 0.465. The number of benzene rings is 1. The number of nitrogens with one attached hydrogen (secondary N) is 1. The predicted octanol–water partition coefficient (Wildman–Crippen LogP) is 2.08. The lowest BCUT2D eigenvalue weighted by atomic mass is 10.1. The van der Waals surface area contributed by atoms with Gasteiger partial charge in [0.2, 0.25) is 0 Å². The highest BCUT2D eigenvalue weighted by molar-refractivity contribution is 5.41. The fraction of sp³-hybridized carbons (Fsp3) is 0.500. The molecule has 0 unspecified atom stereocenters. The van der Waals surface area contributed by atoms with Crippen molar-refractivity contribution in [2.75, 3.05) is 26.8 Å². The molecule has 0 radical (unpaired) electrons. The van der Waals surface area contributed by atoms with Gasteiger partial charge in [-0.15, -0.1) is 0 Å². The van der Waals surface area contributed by atoms with E-state index in [0.29, 0.717) is 18.8 Å². The van der Waals surface area contributed by atoms with Gasteiger partial charge in [0, 0.05) is 12.1 Å². The van der Waals surface area contributed by atoms with E-state index in [2.05, 4.69) is 18.3 Å². The summed E-state index contributed by atoms with van der Waals surface area (Å²) >= 11 is 0. The fourth-order valence-corrected chi connectivity index (χ4v) is 1.59. The highest BCUT2D eigenvalue weighted by Gasteiger charge is 2.04. The molecule has 0 saturated heterocycles. The SMILES string of the molecule is CCCNCCOCc1cc(C#N)ccc1OC. The first-order chi connectivity index (χ1) is 8.81. The second-order valence-electron chi connectivity index (χ2n) is 3.94. The van der Waals surface area contributed by atoms with Crippen LogP contribution in [0.1, 0.15) is 24.5 Å². The first-order valence-electron chi connectivity index (χ1n) is 6.17. The third-order valence-electron chi connectivity index (χ3n) is 2.52. The first-order valence-corrected chi connectivity index (χ1v) is 6.17. The summed E-state index contributed by atoms with van der Waals surface area (Å²) in [5.74, 6) is 0.760. The van der Waals surface area contributed by atoms with E-state index >= 15 is 0 Å². The Labute approximate surface area is 109 Å². The van der Waals surface area contributed by atoms with Crippen molar-refractivity contribution in [3.63, 3.8) is 0 Å². The molecule has 0 fully saturated rings. The minimum absolute atomic E-state index is 0.465. The zero-order valence-corrected chi connectivity index (χ0v) is 11.0. The molecule has 0 aromatic heterocycles. The molecule has 1 rings (SSSR count). The van der Waals surface area contributed by atoms with Gasteiger partial charge in [-0.05, 0) is 31.2 Å². The van der Waals surface area contributed by atoms with Crippen LogP contribution in [0, 0.1) is 11.3 Å². The lowest BCUT2D eigenvalue weighted by Crippen LogP contribution is -2.20. The van der Waals surface area contributed by atoms with Crippen LogP contribution in [0.4, 0.5) is 0 Å². The van der Waals surface area contributed by atoms with Crippen LogP contribution in [-0.4, -0.2) is 26.8 Å². The highest BCUT2D eigenvalue weighted by atomic mass is 16.5. The first kappa shape index (κ1) is 14.5. The van der Waals surface area contributed by atoms with Crippen molar-refractivity contribution in [3.8, 4) is 11.8 Å². The van der Waals surface area contributed by atoms with Crippen molar-refractivity contribution in [3.05, 3.63) is 29.3 Å². The number of nitriles is 1. The number of methoxy groups -OCH3 is 1. The quantitative estimate of drug-likeness (QED) is 0.716. The lowest BCUT2D eigenvalue weighted by Gasteiger charge is -2.10. The van der Waals surface area contributed by atoms with Crippen molar-refractivity contribution in [2.45, 2.75) is 20.0 Å². The summed E-state index contributed by atoms with van der Waals surface area (Å²) in [7, 11) is 1.62. The van der Waals surface area contributed by atoms with Crippen molar-refractivity contribution >= 4 is 0 Å². The number of hydrogen-bond donors (Lipinski definition) is 1. The zero-order valence-electron chi connectivity index (χ0n) is 11.0. The molecule has 1 N–H and O–H groups in total. The maximum Gasteiger partial charge on any atom is 0.124 e. The van der Waals surface area contributed by atoms with Crippen molar-refractivity contribution in [1.29, 1.82) is 5.26 Å². The van der Waals surface area contributed by atoms with Crippen LogP contribution in [0.2, 0.25) is 0 Å². The maximum absolute atomic E-state index is 8.85. The average Bonchev–Trinajstić information content (AvgIpc) is 2.42. The van der Waals surface area contributed by atoms with Gasteiger partial charge in [0.1, 0.15) is 5.75 Å². The normalized spacial score (nSPS) is 10.1. The Hall–Kier alpha value is -1.57. The van der Waals surface area contributed by atoms with E-state index in [1.165, 1.54) is 0 Å². The molecule has 0 spiro atoms. The van der Waals surface area contributed by atoms with Gasteiger partial charge in [-0.3, -0.25) is 0 Å². The van der Waals surface area contributed by atoms with E-state index in [4.69, 9.17) is 14.7 Å². The van der Waals surface area contributed by atoms with Gasteiger partial charge in [-0.2, -0.15) is 5.26 Å². The van der Waals surface area contributed by atoms with E-state index in [1.807, 2.05) is 0 Å². The van der Waals surface area contributed by atoms with Crippen LogP contribution in [0.15, 0.2) is 18.2 Å². The van der Waals surface area contributed by atoms with Crippen LogP contribution in [-0.2, 0) is 11.3 Å². The molecule has 0 aliphatic rings. The summed E-state index contributed by atoms with van der Waals surface area (Å²) in [6.45, 7) is 5.10. The van der Waals surface area contributed by atoms with E-state index < -0.39 is 0 Å². The summed E-state index contributed by atoms with van der Waals surface area (Å²) in [5.41, 5.74) is 1.53. The molecular formula is C14H20N2O2. The smallest absolute Gasteiger partial charge is 0.124 e. The molecule has 18 heavy (non-hydrogen) atoms. The Bertz CT molecular complexity index is 399. The fourth-order valence-electron chi connectivity index (χ4n) is 1.59. The molecule has 0 saturated carbocycles. The van der Waals surface area contributed by atoms with Crippen LogP contribution in [0.5, 0.6) is 5.75 Å². The Kier molecular flexibility index (Phi) is 6.85. The largest absolute Gasteiger partial charge is 0.496 e. The van der Waals surface area contributed by atoms with Crippen LogP contribution in [0.3, 0.4) is 0 Å². The third-order valence-corrected chi connectivity index (χ3v) is 2.52. The molecule has 0 atom stereocenters. The number of ether oxygens (including phenoxy) is 2. The number of hydrogen-bond acceptors (Lipinski definition) is 4. The molecule has 98 valence electrons. The van der Waals surface area contributed by atoms with Gasteiger partial charge in [-0.1, -0.05) is 6.92 Å². The van der Waals surface area contributed by atoms with Gasteiger partial charge >= 0.3 is 0 Å². The van der Waals surface area contributed by atoms with Crippen LogP contribution in [0.25, 0.3) is 0 Å². The summed E-state index contributed by atoms with van der Waals surface area (Å²) in [6.07, 6.45) is 1.12. The van der Waals surface area contributed by atoms with E-state index in [9.17, 15) is 0 Å². The van der Waals surface area contributed by atoms with Crippen LogP contribution < -0.4 is 10.1 Å². The zero-order chi connectivity index (χ0) is 13.2. The molecule has 1 aromatic carbocycles. The van der Waals surface area contributed by atoms with Crippen LogP contribution >= 0.6 is 0 Å². The summed E-state index contributed by atoms with van der Waals surface area (Å²) in [4.78, 5) is 0. The van der Waals surface area contributed by atoms with E-state index in [-0.39, 0.29) is 0 Å². The Balaban J connectivity index is 2.43. The molecule has 4 heteroatoms. The van der Waals surface area contributed by atoms with Gasteiger partial charge in [0.25, 0.3) is 0 Å². The molecule has 1 aromatic rings. The Morgan fingerprint density at radius 3 is 2.83 bits per heavy atom. The summed E-state index contributed by atoms with van der Waals surface area (Å²) in [6, 6.07) is 7.46. The molecule has 0 aliphatic heterocycles.